The Hall–Kier alpha value is -3.83. The average molecular weight is 484 g/mol. The molecule has 0 aliphatic carbocycles. The smallest absolute Gasteiger partial charge is 0.273 e. The molecule has 0 radical (unpaired) electrons. The van der Waals surface area contributed by atoms with Crippen LogP contribution in [-0.4, -0.2) is 14.9 Å². The summed E-state index contributed by atoms with van der Waals surface area (Å²) in [5, 5.41) is 3.67. The first kappa shape index (κ1) is 21.7. The molecule has 35 heavy (non-hydrogen) atoms. The summed E-state index contributed by atoms with van der Waals surface area (Å²) in [7, 11) is 0. The normalized spacial score (nSPS) is 13.1. The van der Waals surface area contributed by atoms with E-state index >= 15 is 0 Å². The fourth-order valence-corrected chi connectivity index (χ4v) is 5.23. The number of nitrogens with zero attached hydrogens (tertiary/aromatic N) is 2. The summed E-state index contributed by atoms with van der Waals surface area (Å²) < 4.78 is 17.9. The molecule has 6 heteroatoms. The van der Waals surface area contributed by atoms with Gasteiger partial charge >= 0.3 is 0 Å². The molecule has 0 unspecified atom stereocenters. The second-order valence-electron chi connectivity index (χ2n) is 8.85. The molecule has 4 nitrogen and oxygen atoms in total. The van der Waals surface area contributed by atoms with Gasteiger partial charge in [0.1, 0.15) is 17.2 Å². The molecule has 0 saturated carbocycles. The van der Waals surface area contributed by atoms with Gasteiger partial charge in [0, 0.05) is 34.6 Å². The van der Waals surface area contributed by atoms with Crippen molar-refractivity contribution >= 4 is 28.8 Å². The number of carbonyl (C=O) groups excluding carboxylic acids is 1. The number of imidazole rings is 1. The van der Waals surface area contributed by atoms with Crippen LogP contribution in [0, 0.1) is 5.82 Å². The van der Waals surface area contributed by atoms with Crippen molar-refractivity contribution in [1.82, 2.24) is 8.97 Å². The maximum Gasteiger partial charge on any atom is 0.273 e. The Bertz CT molecular complexity index is 1530. The minimum absolute atomic E-state index is 0.184. The largest absolute Gasteiger partial charge is 0.325 e. The predicted octanol–water partition coefficient (Wildman–Crippen LogP) is 7.46. The number of aryl methyl sites for hydroxylation is 2. The third-order valence-electron chi connectivity index (χ3n) is 6.65. The van der Waals surface area contributed by atoms with Gasteiger partial charge < -0.3 is 9.88 Å². The van der Waals surface area contributed by atoms with E-state index in [2.05, 4.69) is 22.0 Å². The van der Waals surface area contributed by atoms with Crippen molar-refractivity contribution in [2.24, 2.45) is 0 Å². The van der Waals surface area contributed by atoms with Gasteiger partial charge in [-0.3, -0.25) is 9.20 Å². The molecule has 1 aliphatic heterocycles. The van der Waals surface area contributed by atoms with Crippen molar-refractivity contribution in [3.63, 3.8) is 0 Å². The zero-order valence-corrected chi connectivity index (χ0v) is 19.7. The van der Waals surface area contributed by atoms with Gasteiger partial charge in [0.05, 0.1) is 5.69 Å². The highest BCUT2D eigenvalue weighted by atomic mass is 35.5. The Balaban J connectivity index is 1.60. The highest BCUT2D eigenvalue weighted by molar-refractivity contribution is 6.30. The molecule has 6 rings (SSSR count). The second-order valence-corrected chi connectivity index (χ2v) is 9.29. The van der Waals surface area contributed by atoms with E-state index in [-0.39, 0.29) is 11.7 Å². The highest BCUT2D eigenvalue weighted by Gasteiger charge is 2.29. The van der Waals surface area contributed by atoms with Crippen LogP contribution in [-0.2, 0) is 13.0 Å². The average Bonchev–Trinajstić information content (AvgIpc) is 3.29. The molecule has 0 spiro atoms. The summed E-state index contributed by atoms with van der Waals surface area (Å²) in [6.45, 7) is 0.840. The van der Waals surface area contributed by atoms with Crippen molar-refractivity contribution in [1.29, 1.82) is 0 Å². The summed E-state index contributed by atoms with van der Waals surface area (Å²) in [6, 6.07) is 23.8. The number of halogens is 2. The molecule has 0 fully saturated rings. The summed E-state index contributed by atoms with van der Waals surface area (Å²) in [6.07, 6.45) is 4.96. The molecule has 0 atom stereocenters. The van der Waals surface area contributed by atoms with Crippen molar-refractivity contribution in [3.8, 4) is 22.4 Å². The predicted molar refractivity (Wildman–Crippen MR) is 139 cm³/mol. The summed E-state index contributed by atoms with van der Waals surface area (Å²) in [5.41, 5.74) is 7.36. The molecule has 5 aromatic rings. The Morgan fingerprint density at radius 1 is 0.886 bits per heavy atom. The molecule has 1 amide bonds. The van der Waals surface area contributed by atoms with Gasteiger partial charge in [-0.2, -0.15) is 0 Å². The van der Waals surface area contributed by atoms with E-state index < -0.39 is 0 Å². The first-order valence-electron chi connectivity index (χ1n) is 11.7. The second kappa shape index (κ2) is 8.75. The number of aromatic nitrogens is 2. The molecular weight excluding hydrogens is 461 g/mol. The van der Waals surface area contributed by atoms with Gasteiger partial charge in [-0.1, -0.05) is 41.9 Å². The van der Waals surface area contributed by atoms with Gasteiger partial charge in [-0.25, -0.2) is 4.39 Å². The van der Waals surface area contributed by atoms with Crippen molar-refractivity contribution in [3.05, 3.63) is 107 Å². The van der Waals surface area contributed by atoms with Crippen LogP contribution in [0.5, 0.6) is 0 Å². The van der Waals surface area contributed by atoms with E-state index in [4.69, 9.17) is 11.6 Å². The van der Waals surface area contributed by atoms with E-state index in [1.165, 1.54) is 17.7 Å². The quantitative estimate of drug-likeness (QED) is 0.283. The van der Waals surface area contributed by atoms with Crippen LogP contribution in [0.2, 0.25) is 5.02 Å². The first-order chi connectivity index (χ1) is 17.1. The lowest BCUT2D eigenvalue weighted by atomic mass is 9.98. The van der Waals surface area contributed by atoms with E-state index in [0.717, 1.165) is 53.8 Å². The lowest BCUT2D eigenvalue weighted by Crippen LogP contribution is -2.15. The minimum atomic E-state index is -0.266. The van der Waals surface area contributed by atoms with Crippen molar-refractivity contribution in [2.75, 3.05) is 5.32 Å². The highest BCUT2D eigenvalue weighted by Crippen LogP contribution is 2.39. The lowest BCUT2D eigenvalue weighted by Gasteiger charge is -2.10. The maximum atomic E-state index is 13.8. The number of benzene rings is 3. The van der Waals surface area contributed by atoms with Gasteiger partial charge in [-0.05, 0) is 78.9 Å². The zero-order chi connectivity index (χ0) is 23.9. The van der Waals surface area contributed by atoms with E-state index in [1.807, 2.05) is 28.8 Å². The Labute approximate surface area is 207 Å². The summed E-state index contributed by atoms with van der Waals surface area (Å²) in [5.74, 6) is -0.450. The van der Waals surface area contributed by atoms with Crippen molar-refractivity contribution in [2.45, 2.75) is 25.8 Å². The van der Waals surface area contributed by atoms with Crippen LogP contribution >= 0.6 is 11.6 Å². The molecule has 174 valence electrons. The topological polar surface area (TPSA) is 38.4 Å². The molecule has 0 saturated heterocycles. The summed E-state index contributed by atoms with van der Waals surface area (Å²) >= 11 is 6.04. The van der Waals surface area contributed by atoms with Crippen LogP contribution in [0.25, 0.3) is 28.0 Å². The Kier molecular flexibility index (Phi) is 5.42. The van der Waals surface area contributed by atoms with E-state index in [9.17, 15) is 9.18 Å². The summed E-state index contributed by atoms with van der Waals surface area (Å²) in [4.78, 5) is 13.8. The third kappa shape index (κ3) is 3.82. The van der Waals surface area contributed by atoms with Crippen LogP contribution in [0.15, 0.2) is 85.1 Å². The molecule has 1 N–H and O–H groups in total. The third-order valence-corrected chi connectivity index (χ3v) is 6.91. The first-order valence-corrected chi connectivity index (χ1v) is 12.1. The Morgan fingerprint density at radius 2 is 1.63 bits per heavy atom. The van der Waals surface area contributed by atoms with Crippen LogP contribution in [0.1, 0.15) is 28.9 Å². The van der Waals surface area contributed by atoms with E-state index in [1.54, 1.807) is 36.4 Å². The minimum Gasteiger partial charge on any atom is -0.325 e. The lowest BCUT2D eigenvalue weighted by molar-refractivity contribution is 0.102. The fraction of sp³-hybridized carbons (Fsp3) is 0.138. The number of carbonyl (C=O) groups is 1. The fourth-order valence-electron chi connectivity index (χ4n) is 5.10. The monoisotopic (exact) mass is 483 g/mol. The molecule has 2 aromatic heterocycles. The number of amides is 1. The van der Waals surface area contributed by atoms with E-state index in [0.29, 0.717) is 16.4 Å². The number of hydrogen-bond donors (Lipinski definition) is 1. The van der Waals surface area contributed by atoms with Gasteiger partial charge in [-0.15, -0.1) is 0 Å². The van der Waals surface area contributed by atoms with Crippen molar-refractivity contribution < 1.29 is 9.18 Å². The van der Waals surface area contributed by atoms with Gasteiger partial charge in [0.2, 0.25) is 0 Å². The van der Waals surface area contributed by atoms with Crippen LogP contribution in [0.3, 0.4) is 0 Å². The number of rotatable bonds is 4. The standard InChI is InChI=1S/C29H23ClFN3O/c30-21-11-15-23(16-12-21)32-28(35)27-26(20-6-2-1-3-7-20)24-8-4-5-17-33-25(18-34(27)29(24)33)19-9-13-22(31)14-10-19/h1-3,6-7,9-16,18H,4-5,8,17H2,(H,32,35). The molecule has 3 aromatic carbocycles. The number of anilines is 1. The van der Waals surface area contributed by atoms with Crippen LogP contribution in [0.4, 0.5) is 10.1 Å². The number of nitrogens with one attached hydrogen (secondary N) is 1. The van der Waals surface area contributed by atoms with Gasteiger partial charge in [0.15, 0.2) is 0 Å². The van der Waals surface area contributed by atoms with Crippen LogP contribution < -0.4 is 5.32 Å². The number of hydrogen-bond acceptors (Lipinski definition) is 1. The SMILES string of the molecule is O=C(Nc1ccc(Cl)cc1)c1c(-c2ccccc2)c2c3n(c(-c4ccc(F)cc4)cn13)CCCC2. The Morgan fingerprint density at radius 3 is 2.37 bits per heavy atom. The zero-order valence-electron chi connectivity index (χ0n) is 19.0. The van der Waals surface area contributed by atoms with Gasteiger partial charge in [0.25, 0.3) is 5.91 Å². The molecule has 1 aliphatic rings. The molecular formula is C29H23ClFN3O. The maximum absolute atomic E-state index is 13.8. The molecule has 0 bridgehead atoms. The molecule has 3 heterocycles.